The molecule has 0 aliphatic carbocycles. The van der Waals surface area contributed by atoms with Crippen molar-refractivity contribution in [2.24, 2.45) is 0 Å². The molecule has 1 N–H and O–H groups in total. The normalized spacial score (nSPS) is 20.1. The Morgan fingerprint density at radius 1 is 1.21 bits per heavy atom. The average Bonchev–Trinajstić information content (AvgIpc) is 2.66. The summed E-state index contributed by atoms with van der Waals surface area (Å²) in [6.45, 7) is 3.06. The number of nitrogens with one attached hydrogen (secondary N) is 1. The van der Waals surface area contributed by atoms with Crippen molar-refractivity contribution in [1.82, 2.24) is 5.32 Å². The molecule has 2 aliphatic rings. The summed E-state index contributed by atoms with van der Waals surface area (Å²) in [4.78, 5) is 0. The Kier molecular flexibility index (Phi) is 3.93. The highest BCUT2D eigenvalue weighted by molar-refractivity contribution is 9.10. The summed E-state index contributed by atoms with van der Waals surface area (Å²) < 4.78 is 26.4. The van der Waals surface area contributed by atoms with Crippen LogP contribution in [-0.4, -0.2) is 26.3 Å². The van der Waals surface area contributed by atoms with Gasteiger partial charge in [-0.3, -0.25) is 0 Å². The first-order chi connectivity index (χ1) is 9.27. The van der Waals surface area contributed by atoms with E-state index in [0.29, 0.717) is 34.7 Å². The molecule has 0 atom stereocenters. The minimum absolute atomic E-state index is 0.198. The van der Waals surface area contributed by atoms with E-state index < -0.39 is 0 Å². The molecule has 0 spiro atoms. The van der Waals surface area contributed by atoms with Crippen LogP contribution >= 0.6 is 15.9 Å². The van der Waals surface area contributed by atoms with Gasteiger partial charge in [-0.2, -0.15) is 0 Å². The molecule has 1 aromatic rings. The minimum Gasteiger partial charge on any atom is -0.490 e. The highest BCUT2D eigenvalue weighted by Crippen LogP contribution is 2.44. The summed E-state index contributed by atoms with van der Waals surface area (Å²) in [6.07, 6.45) is 2.70. The third-order valence-corrected chi connectivity index (χ3v) is 4.29. The van der Waals surface area contributed by atoms with E-state index in [4.69, 9.17) is 9.47 Å². The quantitative estimate of drug-likeness (QED) is 0.858. The summed E-state index contributed by atoms with van der Waals surface area (Å²) >= 11 is 3.29. The first-order valence-corrected chi connectivity index (χ1v) is 7.55. The van der Waals surface area contributed by atoms with E-state index in [1.807, 2.05) is 0 Å². The Morgan fingerprint density at radius 2 is 1.95 bits per heavy atom. The van der Waals surface area contributed by atoms with E-state index in [-0.39, 0.29) is 11.7 Å². The van der Waals surface area contributed by atoms with Gasteiger partial charge < -0.3 is 14.8 Å². The fraction of sp³-hybridized carbons (Fsp3) is 0.571. The van der Waals surface area contributed by atoms with Crippen molar-refractivity contribution in [2.45, 2.75) is 25.2 Å². The second kappa shape index (κ2) is 5.67. The van der Waals surface area contributed by atoms with Gasteiger partial charge in [-0.15, -0.1) is 0 Å². The molecular weight excluding hydrogens is 313 g/mol. The predicted octanol–water partition coefficient (Wildman–Crippen LogP) is 3.22. The van der Waals surface area contributed by atoms with Crippen molar-refractivity contribution in [3.8, 4) is 11.5 Å². The number of halogens is 2. The van der Waals surface area contributed by atoms with E-state index in [2.05, 4.69) is 21.2 Å². The molecule has 1 saturated heterocycles. The fourth-order valence-electron chi connectivity index (χ4n) is 2.75. The Labute approximate surface area is 120 Å². The van der Waals surface area contributed by atoms with Gasteiger partial charge in [0, 0.05) is 18.1 Å². The molecule has 5 heteroatoms. The molecule has 0 amide bonds. The zero-order chi connectivity index (χ0) is 13.2. The van der Waals surface area contributed by atoms with Gasteiger partial charge in [0.25, 0.3) is 0 Å². The van der Waals surface area contributed by atoms with Crippen molar-refractivity contribution in [1.29, 1.82) is 0 Å². The Hall–Kier alpha value is -0.810. The molecule has 3 rings (SSSR count). The lowest BCUT2D eigenvalue weighted by Crippen LogP contribution is -2.27. The molecular formula is C14H17BrFNO2. The van der Waals surface area contributed by atoms with Gasteiger partial charge >= 0.3 is 0 Å². The van der Waals surface area contributed by atoms with Crippen LogP contribution in [0.4, 0.5) is 4.39 Å². The number of hydrogen-bond donors (Lipinski definition) is 1. The third-order valence-electron chi connectivity index (χ3n) is 3.71. The van der Waals surface area contributed by atoms with Gasteiger partial charge in [0.05, 0.1) is 17.7 Å². The fourth-order valence-corrected chi connectivity index (χ4v) is 3.17. The highest BCUT2D eigenvalue weighted by Gasteiger charge is 2.28. The number of hydrogen-bond acceptors (Lipinski definition) is 3. The first kappa shape index (κ1) is 13.2. The molecule has 0 bridgehead atoms. The van der Waals surface area contributed by atoms with Crippen LogP contribution in [0.1, 0.15) is 30.7 Å². The lowest BCUT2D eigenvalue weighted by atomic mass is 9.89. The van der Waals surface area contributed by atoms with Gasteiger partial charge in [-0.1, -0.05) is 0 Å². The molecule has 1 aromatic carbocycles. The zero-order valence-corrected chi connectivity index (χ0v) is 12.3. The maximum absolute atomic E-state index is 14.5. The first-order valence-electron chi connectivity index (χ1n) is 6.75. The number of piperidine rings is 1. The highest BCUT2D eigenvalue weighted by atomic mass is 79.9. The molecule has 2 aliphatic heterocycles. The van der Waals surface area contributed by atoms with Crippen molar-refractivity contribution in [3.63, 3.8) is 0 Å². The van der Waals surface area contributed by atoms with Crippen molar-refractivity contribution >= 4 is 15.9 Å². The minimum atomic E-state index is -0.198. The van der Waals surface area contributed by atoms with E-state index >= 15 is 0 Å². The van der Waals surface area contributed by atoms with Crippen molar-refractivity contribution < 1.29 is 13.9 Å². The van der Waals surface area contributed by atoms with E-state index in [0.717, 1.165) is 32.4 Å². The Morgan fingerprint density at radius 3 is 2.74 bits per heavy atom. The zero-order valence-electron chi connectivity index (χ0n) is 10.7. The molecule has 104 valence electrons. The van der Waals surface area contributed by atoms with Crippen molar-refractivity contribution in [2.75, 3.05) is 26.3 Å². The summed E-state index contributed by atoms with van der Waals surface area (Å²) in [5.41, 5.74) is 0.688. The maximum Gasteiger partial charge on any atom is 0.167 e. The Bertz CT molecular complexity index is 475. The van der Waals surface area contributed by atoms with Crippen LogP contribution in [0, 0.1) is 5.82 Å². The van der Waals surface area contributed by atoms with Gasteiger partial charge in [0.15, 0.2) is 11.5 Å². The van der Waals surface area contributed by atoms with Crippen molar-refractivity contribution in [3.05, 3.63) is 21.9 Å². The second-order valence-corrected chi connectivity index (χ2v) is 5.84. The molecule has 0 saturated carbocycles. The van der Waals surface area contributed by atoms with Gasteiger partial charge in [0.2, 0.25) is 0 Å². The van der Waals surface area contributed by atoms with Crippen LogP contribution in [0.25, 0.3) is 0 Å². The van der Waals surface area contributed by atoms with Crippen LogP contribution in [0.2, 0.25) is 0 Å². The lowest BCUT2D eigenvalue weighted by molar-refractivity contribution is 0.294. The standard InChI is InChI=1S/C14H17BrFNO2/c15-10-8-11-14(19-7-1-6-18-11)12(13(10)16)9-2-4-17-5-3-9/h8-9,17H,1-7H2. The van der Waals surface area contributed by atoms with Gasteiger partial charge in [0.1, 0.15) is 5.82 Å². The van der Waals surface area contributed by atoms with E-state index in [1.165, 1.54) is 0 Å². The average molecular weight is 330 g/mol. The topological polar surface area (TPSA) is 30.5 Å². The van der Waals surface area contributed by atoms with E-state index in [9.17, 15) is 4.39 Å². The van der Waals surface area contributed by atoms with Gasteiger partial charge in [-0.05, 0) is 47.8 Å². The van der Waals surface area contributed by atoms with Crippen LogP contribution in [0.3, 0.4) is 0 Å². The van der Waals surface area contributed by atoms with Crippen LogP contribution in [0.15, 0.2) is 10.5 Å². The molecule has 19 heavy (non-hydrogen) atoms. The maximum atomic E-state index is 14.5. The largest absolute Gasteiger partial charge is 0.490 e. The van der Waals surface area contributed by atoms with Crippen LogP contribution in [0.5, 0.6) is 11.5 Å². The Balaban J connectivity index is 2.07. The second-order valence-electron chi connectivity index (χ2n) is 4.99. The number of fused-ring (bicyclic) bond motifs is 1. The molecule has 0 radical (unpaired) electrons. The molecule has 0 aromatic heterocycles. The summed E-state index contributed by atoms with van der Waals surface area (Å²) in [7, 11) is 0. The monoisotopic (exact) mass is 329 g/mol. The summed E-state index contributed by atoms with van der Waals surface area (Å²) in [5, 5.41) is 3.30. The lowest BCUT2D eigenvalue weighted by Gasteiger charge is -2.26. The molecule has 2 heterocycles. The smallest absolute Gasteiger partial charge is 0.167 e. The molecule has 1 fully saturated rings. The molecule has 3 nitrogen and oxygen atoms in total. The summed E-state index contributed by atoms with van der Waals surface area (Å²) in [6, 6.07) is 1.68. The number of benzene rings is 1. The number of rotatable bonds is 1. The summed E-state index contributed by atoms with van der Waals surface area (Å²) in [5.74, 6) is 1.29. The third kappa shape index (κ3) is 2.58. The van der Waals surface area contributed by atoms with Crippen LogP contribution < -0.4 is 14.8 Å². The van der Waals surface area contributed by atoms with E-state index in [1.54, 1.807) is 6.07 Å². The van der Waals surface area contributed by atoms with Crippen LogP contribution in [-0.2, 0) is 0 Å². The molecule has 0 unspecified atom stereocenters. The number of ether oxygens (including phenoxy) is 2. The van der Waals surface area contributed by atoms with Gasteiger partial charge in [-0.25, -0.2) is 4.39 Å². The predicted molar refractivity (Wildman–Crippen MR) is 74.6 cm³/mol. The SMILES string of the molecule is Fc1c(Br)cc2c(c1C1CCNCC1)OCCCO2.